The molecule has 170 valence electrons. The molecule has 1 amide bonds. The zero-order chi connectivity index (χ0) is 23.4. The number of hydrogen-bond acceptors (Lipinski definition) is 7. The van der Waals surface area contributed by atoms with E-state index in [0.717, 1.165) is 29.0 Å². The van der Waals surface area contributed by atoms with E-state index < -0.39 is 27.3 Å². The molecule has 0 unspecified atom stereocenters. The van der Waals surface area contributed by atoms with Gasteiger partial charge in [-0.1, -0.05) is 23.5 Å². The number of benzene rings is 2. The number of hydrogen-bond donors (Lipinski definition) is 0. The van der Waals surface area contributed by atoms with Gasteiger partial charge in [0.1, 0.15) is 22.8 Å². The Morgan fingerprint density at radius 3 is 2.58 bits per heavy atom. The second kappa shape index (κ2) is 9.63. The number of para-hydroxylation sites is 1. The molecular weight excluding hydrogens is 465 g/mol. The third-order valence-electron chi connectivity index (χ3n) is 4.73. The van der Waals surface area contributed by atoms with Gasteiger partial charge in [0, 0.05) is 6.20 Å². The van der Waals surface area contributed by atoms with E-state index in [0.29, 0.717) is 28.7 Å². The van der Waals surface area contributed by atoms with Gasteiger partial charge in [0.25, 0.3) is 0 Å². The molecule has 0 saturated carbocycles. The van der Waals surface area contributed by atoms with E-state index in [1.807, 2.05) is 19.1 Å². The highest BCUT2D eigenvalue weighted by Crippen LogP contribution is 2.35. The molecule has 2 heterocycles. The summed E-state index contributed by atoms with van der Waals surface area (Å²) in [6.45, 7) is 2.37. The van der Waals surface area contributed by atoms with Gasteiger partial charge in [0.15, 0.2) is 15.0 Å². The normalized spacial score (nSPS) is 11.5. The lowest BCUT2D eigenvalue weighted by Crippen LogP contribution is -2.35. The van der Waals surface area contributed by atoms with Crippen LogP contribution in [0.15, 0.2) is 71.8 Å². The maximum Gasteiger partial charge on any atom is 0.244 e. The van der Waals surface area contributed by atoms with Crippen molar-refractivity contribution in [2.24, 2.45) is 0 Å². The predicted octanol–water partition coefficient (Wildman–Crippen LogP) is 4.24. The lowest BCUT2D eigenvalue weighted by Gasteiger charge is -2.19. The van der Waals surface area contributed by atoms with E-state index in [4.69, 9.17) is 4.74 Å². The number of carbonyl (C=O) groups is 1. The summed E-state index contributed by atoms with van der Waals surface area (Å²) in [5, 5.41) is 0.335. The third-order valence-corrected chi connectivity index (χ3v) is 7.40. The van der Waals surface area contributed by atoms with Crippen LogP contribution in [0.1, 0.15) is 12.6 Å². The molecule has 2 aromatic carbocycles. The number of halogens is 1. The molecule has 0 aliphatic rings. The van der Waals surface area contributed by atoms with Crippen molar-refractivity contribution >= 4 is 42.4 Å². The third kappa shape index (κ3) is 5.18. The maximum absolute atomic E-state index is 13.3. The Hall–Kier alpha value is -3.37. The largest absolute Gasteiger partial charge is 0.492 e. The number of aromatic nitrogens is 2. The van der Waals surface area contributed by atoms with Gasteiger partial charge >= 0.3 is 0 Å². The number of anilines is 1. The van der Waals surface area contributed by atoms with Crippen molar-refractivity contribution in [3.8, 4) is 5.75 Å². The summed E-state index contributed by atoms with van der Waals surface area (Å²) in [6.07, 6.45) is 1.60. The van der Waals surface area contributed by atoms with Gasteiger partial charge in [-0.15, -0.1) is 0 Å². The van der Waals surface area contributed by atoms with Crippen LogP contribution in [0, 0.1) is 5.82 Å². The monoisotopic (exact) mass is 485 g/mol. The Balaban J connectivity index is 1.70. The number of nitrogens with zero attached hydrogens (tertiary/aromatic N) is 3. The molecule has 4 aromatic rings. The molecule has 7 nitrogen and oxygen atoms in total. The van der Waals surface area contributed by atoms with Gasteiger partial charge < -0.3 is 4.74 Å². The smallest absolute Gasteiger partial charge is 0.244 e. The van der Waals surface area contributed by atoms with E-state index >= 15 is 0 Å². The standard InChI is InChI=1S/C23H20FN3O4S2/c1-2-31-19-7-5-8-20-22(19)26-23(32-20)27(14-17-6-3-4-13-25-17)21(28)15-33(29,30)18-11-9-16(24)10-12-18/h3-13H,2,14-15H2,1H3. The Morgan fingerprint density at radius 2 is 1.88 bits per heavy atom. The highest BCUT2D eigenvalue weighted by atomic mass is 32.2. The van der Waals surface area contributed by atoms with E-state index in [1.165, 1.54) is 16.2 Å². The van der Waals surface area contributed by atoms with Crippen LogP contribution in [0.4, 0.5) is 9.52 Å². The van der Waals surface area contributed by atoms with Crippen molar-refractivity contribution in [1.82, 2.24) is 9.97 Å². The average molecular weight is 486 g/mol. The van der Waals surface area contributed by atoms with Crippen molar-refractivity contribution in [2.75, 3.05) is 17.3 Å². The Bertz CT molecular complexity index is 1370. The highest BCUT2D eigenvalue weighted by molar-refractivity contribution is 7.92. The summed E-state index contributed by atoms with van der Waals surface area (Å²) in [5.41, 5.74) is 1.17. The van der Waals surface area contributed by atoms with Gasteiger partial charge in [0.05, 0.1) is 28.4 Å². The molecule has 2 aromatic heterocycles. The molecule has 10 heteroatoms. The summed E-state index contributed by atoms with van der Waals surface area (Å²) in [5.74, 6) is -1.43. The van der Waals surface area contributed by atoms with Crippen molar-refractivity contribution in [3.05, 3.63) is 78.4 Å². The number of amides is 1. The first-order valence-corrected chi connectivity index (χ1v) is 12.5. The minimum absolute atomic E-state index is 0.0440. The van der Waals surface area contributed by atoms with E-state index in [-0.39, 0.29) is 11.4 Å². The zero-order valence-corrected chi connectivity index (χ0v) is 19.3. The van der Waals surface area contributed by atoms with Gasteiger partial charge in [-0.3, -0.25) is 14.7 Å². The number of fused-ring (bicyclic) bond motifs is 1. The maximum atomic E-state index is 13.3. The van der Waals surface area contributed by atoms with Gasteiger partial charge in [0.2, 0.25) is 5.91 Å². The summed E-state index contributed by atoms with van der Waals surface area (Å²) in [4.78, 5) is 23.3. The molecule has 33 heavy (non-hydrogen) atoms. The molecular formula is C23H20FN3O4S2. The van der Waals surface area contributed by atoms with Crippen LogP contribution in [0.25, 0.3) is 10.2 Å². The second-order valence-electron chi connectivity index (χ2n) is 7.05. The molecule has 0 bridgehead atoms. The minimum atomic E-state index is -3.99. The summed E-state index contributed by atoms with van der Waals surface area (Å²) in [6, 6.07) is 15.1. The van der Waals surface area contributed by atoms with Crippen LogP contribution in [0.3, 0.4) is 0 Å². The Labute approximate surface area is 194 Å². The summed E-state index contributed by atoms with van der Waals surface area (Å²) >= 11 is 1.26. The van der Waals surface area contributed by atoms with Crippen LogP contribution in [-0.2, 0) is 21.2 Å². The van der Waals surface area contributed by atoms with Crippen LogP contribution >= 0.6 is 11.3 Å². The molecule has 0 aliphatic carbocycles. The topological polar surface area (TPSA) is 89.5 Å². The van der Waals surface area contributed by atoms with Gasteiger partial charge in [-0.25, -0.2) is 17.8 Å². The number of carbonyl (C=O) groups excluding carboxylic acids is 1. The SMILES string of the molecule is CCOc1cccc2sc(N(Cc3ccccn3)C(=O)CS(=O)(=O)c3ccc(F)cc3)nc12. The van der Waals surface area contributed by atoms with Gasteiger partial charge in [-0.05, 0) is 55.5 Å². The van der Waals surface area contributed by atoms with Crippen molar-refractivity contribution in [2.45, 2.75) is 18.4 Å². The van der Waals surface area contributed by atoms with Gasteiger partial charge in [-0.2, -0.15) is 0 Å². The molecule has 0 fully saturated rings. The first-order valence-electron chi connectivity index (χ1n) is 10.1. The number of ether oxygens (including phenoxy) is 1. The summed E-state index contributed by atoms with van der Waals surface area (Å²) in [7, 11) is -3.99. The quantitative estimate of drug-likeness (QED) is 0.347. The zero-order valence-electron chi connectivity index (χ0n) is 17.6. The molecule has 0 radical (unpaired) electrons. The van der Waals surface area contributed by atoms with Crippen molar-refractivity contribution < 1.29 is 22.3 Å². The Kier molecular flexibility index (Phi) is 6.66. The summed E-state index contributed by atoms with van der Waals surface area (Å²) < 4.78 is 45.3. The highest BCUT2D eigenvalue weighted by Gasteiger charge is 2.27. The average Bonchev–Trinajstić information content (AvgIpc) is 3.23. The van der Waals surface area contributed by atoms with Crippen molar-refractivity contribution in [3.63, 3.8) is 0 Å². The minimum Gasteiger partial charge on any atom is -0.492 e. The number of pyridine rings is 1. The fraction of sp³-hybridized carbons (Fsp3) is 0.174. The molecule has 4 rings (SSSR count). The lowest BCUT2D eigenvalue weighted by atomic mass is 10.3. The van der Waals surface area contributed by atoms with Crippen LogP contribution in [0.2, 0.25) is 0 Å². The van der Waals surface area contributed by atoms with E-state index in [9.17, 15) is 17.6 Å². The molecule has 0 spiro atoms. The molecule has 0 N–H and O–H groups in total. The van der Waals surface area contributed by atoms with Crippen LogP contribution < -0.4 is 9.64 Å². The number of rotatable bonds is 8. The molecule has 0 saturated heterocycles. The Morgan fingerprint density at radius 1 is 1.09 bits per heavy atom. The predicted molar refractivity (Wildman–Crippen MR) is 125 cm³/mol. The number of thiazole rings is 1. The lowest BCUT2D eigenvalue weighted by molar-refractivity contribution is -0.116. The first-order chi connectivity index (χ1) is 15.9. The first kappa shape index (κ1) is 22.8. The van der Waals surface area contributed by atoms with Crippen molar-refractivity contribution in [1.29, 1.82) is 0 Å². The number of sulfone groups is 1. The van der Waals surface area contributed by atoms with E-state index in [2.05, 4.69) is 9.97 Å². The molecule has 0 aliphatic heterocycles. The van der Waals surface area contributed by atoms with E-state index in [1.54, 1.807) is 30.5 Å². The van der Waals surface area contributed by atoms with Crippen LogP contribution in [0.5, 0.6) is 5.75 Å². The molecule has 0 atom stereocenters. The second-order valence-corrected chi connectivity index (χ2v) is 10.0. The van der Waals surface area contributed by atoms with Crippen LogP contribution in [-0.4, -0.2) is 36.7 Å². The fourth-order valence-electron chi connectivity index (χ4n) is 3.18. The fourth-order valence-corrected chi connectivity index (χ4v) is 5.38.